The van der Waals surface area contributed by atoms with E-state index in [2.05, 4.69) is 15.9 Å². The van der Waals surface area contributed by atoms with Crippen molar-refractivity contribution < 1.29 is 19.8 Å². The maximum absolute atomic E-state index is 10.1. The van der Waals surface area contributed by atoms with Crippen LogP contribution in [-0.4, -0.2) is 22.2 Å². The molecule has 11 heavy (non-hydrogen) atoms. The summed E-state index contributed by atoms with van der Waals surface area (Å²) in [5, 5.41) is 16.3. The van der Waals surface area contributed by atoms with E-state index in [0.717, 1.165) is 18.2 Å². The van der Waals surface area contributed by atoms with Gasteiger partial charge in [-0.15, -0.1) is 0 Å². The highest BCUT2D eigenvalue weighted by Gasteiger charge is 1.98. The highest BCUT2D eigenvalue weighted by atomic mass is 79.9. The first kappa shape index (κ1) is 9.90. The van der Waals surface area contributed by atoms with Gasteiger partial charge in [0, 0.05) is 6.08 Å². The molecular formula is C6H5BrO4. The minimum atomic E-state index is -1.14. The van der Waals surface area contributed by atoms with Crippen LogP contribution in [0.25, 0.3) is 0 Å². The third-order valence-electron chi connectivity index (χ3n) is 0.686. The highest BCUT2D eigenvalue weighted by Crippen LogP contribution is 2.03. The van der Waals surface area contributed by atoms with Gasteiger partial charge in [0.1, 0.15) is 4.48 Å². The fraction of sp³-hybridized carbons (Fsp3) is 0. The van der Waals surface area contributed by atoms with Gasteiger partial charge in [0.2, 0.25) is 0 Å². The van der Waals surface area contributed by atoms with Gasteiger partial charge in [-0.25, -0.2) is 9.59 Å². The van der Waals surface area contributed by atoms with Gasteiger partial charge in [-0.05, 0) is 22.0 Å². The summed E-state index contributed by atoms with van der Waals surface area (Å²) in [6.07, 6.45) is 3.10. The maximum Gasteiger partial charge on any atom is 0.342 e. The summed E-state index contributed by atoms with van der Waals surface area (Å²) in [5.74, 6) is -2.26. The average molecular weight is 221 g/mol. The summed E-state index contributed by atoms with van der Waals surface area (Å²) in [6, 6.07) is 0. The molecule has 0 rings (SSSR count). The molecule has 5 heteroatoms. The monoisotopic (exact) mass is 220 g/mol. The Morgan fingerprint density at radius 3 is 2.18 bits per heavy atom. The zero-order valence-corrected chi connectivity index (χ0v) is 6.91. The predicted molar refractivity (Wildman–Crippen MR) is 41.4 cm³/mol. The number of aliphatic carboxylic acids is 2. The smallest absolute Gasteiger partial charge is 0.342 e. The van der Waals surface area contributed by atoms with Crippen molar-refractivity contribution in [3.05, 3.63) is 22.7 Å². The molecule has 0 unspecified atom stereocenters. The Morgan fingerprint density at radius 1 is 1.27 bits per heavy atom. The van der Waals surface area contributed by atoms with Crippen molar-refractivity contribution in [2.75, 3.05) is 0 Å². The molecule has 0 aliphatic carbocycles. The molecule has 0 bridgehead atoms. The summed E-state index contributed by atoms with van der Waals surface area (Å²) in [5.41, 5.74) is 0. The van der Waals surface area contributed by atoms with E-state index in [1.54, 1.807) is 0 Å². The SMILES string of the molecule is O=C(O)/C=C/C=C(\Br)C(=O)O. The standard InChI is InChI=1S/C6H5BrO4/c7-4(6(10)11)2-1-3-5(8)9/h1-3H,(H,8,9)(H,10,11)/b3-1+,4-2-. The summed E-state index contributed by atoms with van der Waals surface area (Å²) in [4.78, 5) is 20.0. The van der Waals surface area contributed by atoms with Crippen molar-refractivity contribution in [2.45, 2.75) is 0 Å². The number of halogens is 1. The average Bonchev–Trinajstić information content (AvgIpc) is 1.86. The van der Waals surface area contributed by atoms with E-state index in [1.165, 1.54) is 0 Å². The predicted octanol–water partition coefficient (Wildman–Crippen LogP) is 0.991. The first-order valence-electron chi connectivity index (χ1n) is 2.54. The summed E-state index contributed by atoms with van der Waals surface area (Å²) in [6.45, 7) is 0. The Morgan fingerprint density at radius 2 is 1.82 bits per heavy atom. The number of hydrogen-bond acceptors (Lipinski definition) is 2. The molecule has 4 nitrogen and oxygen atoms in total. The lowest BCUT2D eigenvalue weighted by molar-refractivity contribution is -0.132. The van der Waals surface area contributed by atoms with Gasteiger partial charge in [0.25, 0.3) is 0 Å². The lowest BCUT2D eigenvalue weighted by Crippen LogP contribution is -1.92. The summed E-state index contributed by atoms with van der Waals surface area (Å²) in [7, 11) is 0. The van der Waals surface area contributed by atoms with Gasteiger partial charge in [-0.1, -0.05) is 6.08 Å². The minimum absolute atomic E-state index is 0.0880. The largest absolute Gasteiger partial charge is 0.478 e. The number of rotatable bonds is 3. The van der Waals surface area contributed by atoms with Gasteiger partial charge in [0.15, 0.2) is 0 Å². The first-order valence-corrected chi connectivity index (χ1v) is 3.33. The number of carboxylic acids is 2. The molecule has 0 saturated heterocycles. The summed E-state index contributed by atoms with van der Waals surface area (Å²) >= 11 is 2.71. The number of carboxylic acid groups (broad SMARTS) is 2. The second kappa shape index (κ2) is 4.68. The van der Waals surface area contributed by atoms with E-state index < -0.39 is 11.9 Å². The molecule has 0 saturated carbocycles. The van der Waals surface area contributed by atoms with Gasteiger partial charge >= 0.3 is 11.9 Å². The van der Waals surface area contributed by atoms with E-state index in [4.69, 9.17) is 10.2 Å². The van der Waals surface area contributed by atoms with Crippen LogP contribution in [-0.2, 0) is 9.59 Å². The molecule has 0 atom stereocenters. The van der Waals surface area contributed by atoms with E-state index >= 15 is 0 Å². The fourth-order valence-electron chi connectivity index (χ4n) is 0.286. The van der Waals surface area contributed by atoms with E-state index in [0.29, 0.717) is 0 Å². The topological polar surface area (TPSA) is 74.6 Å². The summed E-state index contributed by atoms with van der Waals surface area (Å²) < 4.78 is -0.0880. The molecule has 0 aromatic rings. The van der Waals surface area contributed by atoms with Crippen molar-refractivity contribution in [1.29, 1.82) is 0 Å². The highest BCUT2D eigenvalue weighted by molar-refractivity contribution is 9.12. The van der Waals surface area contributed by atoms with Gasteiger partial charge in [0.05, 0.1) is 0 Å². The minimum Gasteiger partial charge on any atom is -0.478 e. The molecule has 0 aromatic carbocycles. The number of allylic oxidation sites excluding steroid dienone is 2. The molecule has 0 aromatic heterocycles. The normalized spacial score (nSPS) is 11.9. The van der Waals surface area contributed by atoms with Gasteiger partial charge in [-0.3, -0.25) is 0 Å². The Hall–Kier alpha value is -1.10. The van der Waals surface area contributed by atoms with E-state index in [9.17, 15) is 9.59 Å². The molecule has 0 heterocycles. The molecule has 0 fully saturated rings. The number of carbonyl (C=O) groups is 2. The molecule has 2 N–H and O–H groups in total. The second-order valence-electron chi connectivity index (χ2n) is 1.52. The van der Waals surface area contributed by atoms with E-state index in [1.807, 2.05) is 0 Å². The first-order chi connectivity index (χ1) is 5.04. The maximum atomic E-state index is 10.1. The van der Waals surface area contributed by atoms with E-state index in [-0.39, 0.29) is 4.48 Å². The molecule has 0 amide bonds. The van der Waals surface area contributed by atoms with Crippen LogP contribution in [0.5, 0.6) is 0 Å². The van der Waals surface area contributed by atoms with Crippen molar-refractivity contribution in [1.82, 2.24) is 0 Å². The van der Waals surface area contributed by atoms with Crippen LogP contribution < -0.4 is 0 Å². The van der Waals surface area contributed by atoms with Crippen LogP contribution in [0.2, 0.25) is 0 Å². The molecule has 0 radical (unpaired) electrons. The molecule has 0 aliphatic rings. The van der Waals surface area contributed by atoms with Crippen molar-refractivity contribution in [3.8, 4) is 0 Å². The quantitative estimate of drug-likeness (QED) is 0.550. The zero-order chi connectivity index (χ0) is 8.85. The molecule has 0 spiro atoms. The van der Waals surface area contributed by atoms with Crippen LogP contribution in [0, 0.1) is 0 Å². The van der Waals surface area contributed by atoms with Crippen molar-refractivity contribution in [3.63, 3.8) is 0 Å². The van der Waals surface area contributed by atoms with Crippen molar-refractivity contribution in [2.24, 2.45) is 0 Å². The molecular weight excluding hydrogens is 216 g/mol. The molecule has 60 valence electrons. The van der Waals surface area contributed by atoms with Gasteiger partial charge in [-0.2, -0.15) is 0 Å². The van der Waals surface area contributed by atoms with Crippen LogP contribution >= 0.6 is 15.9 Å². The number of hydrogen-bond donors (Lipinski definition) is 2. The Kier molecular flexibility index (Phi) is 4.21. The van der Waals surface area contributed by atoms with Crippen molar-refractivity contribution >= 4 is 27.9 Å². The Labute approximate surface area is 71.0 Å². The molecule has 0 aliphatic heterocycles. The third-order valence-corrected chi connectivity index (χ3v) is 1.29. The van der Waals surface area contributed by atoms with Crippen LogP contribution in [0.1, 0.15) is 0 Å². The lowest BCUT2D eigenvalue weighted by atomic mass is 10.4. The lowest BCUT2D eigenvalue weighted by Gasteiger charge is -1.84. The third kappa shape index (κ3) is 5.35. The van der Waals surface area contributed by atoms with Crippen LogP contribution in [0.3, 0.4) is 0 Å². The zero-order valence-electron chi connectivity index (χ0n) is 5.32. The van der Waals surface area contributed by atoms with Crippen LogP contribution in [0.15, 0.2) is 22.7 Å². The van der Waals surface area contributed by atoms with Gasteiger partial charge < -0.3 is 10.2 Å². The second-order valence-corrected chi connectivity index (χ2v) is 2.37. The Balaban J connectivity index is 4.13. The fourth-order valence-corrected chi connectivity index (χ4v) is 0.439. The van der Waals surface area contributed by atoms with Crippen LogP contribution in [0.4, 0.5) is 0 Å². The Bertz CT molecular complexity index is 229.